The number of esters is 3. The highest BCUT2D eigenvalue weighted by Gasteiger charge is 2.19. The number of rotatable bonds is 50. The third kappa shape index (κ3) is 48.9. The fourth-order valence-corrected chi connectivity index (χ4v) is 8.02. The molecule has 0 aromatic carbocycles. The van der Waals surface area contributed by atoms with Crippen molar-refractivity contribution in [2.75, 3.05) is 13.2 Å². The van der Waals surface area contributed by atoms with Crippen LogP contribution in [0.5, 0.6) is 0 Å². The van der Waals surface area contributed by atoms with Gasteiger partial charge in [-0.1, -0.05) is 231 Å². The lowest BCUT2D eigenvalue weighted by Gasteiger charge is -2.18. The highest BCUT2D eigenvalue weighted by molar-refractivity contribution is 5.71. The van der Waals surface area contributed by atoms with Crippen LogP contribution in [-0.4, -0.2) is 37.2 Å². The number of hydrogen-bond donors (Lipinski definition) is 0. The van der Waals surface area contributed by atoms with Crippen LogP contribution in [0.4, 0.5) is 0 Å². The normalized spacial score (nSPS) is 12.1. The van der Waals surface area contributed by atoms with Gasteiger partial charge in [0.15, 0.2) is 6.10 Å². The van der Waals surface area contributed by atoms with Crippen molar-refractivity contribution in [2.24, 2.45) is 0 Å². The van der Waals surface area contributed by atoms with Gasteiger partial charge in [-0.05, 0) is 70.6 Å². The monoisotopic (exact) mass is 873 g/mol. The van der Waals surface area contributed by atoms with Crippen LogP contribution in [0.2, 0.25) is 0 Å². The second kappa shape index (κ2) is 51.5. The van der Waals surface area contributed by atoms with Crippen molar-refractivity contribution in [1.82, 2.24) is 0 Å². The molecule has 1 atom stereocenters. The fourth-order valence-electron chi connectivity index (χ4n) is 8.02. The van der Waals surface area contributed by atoms with Crippen LogP contribution in [0.25, 0.3) is 0 Å². The second-order valence-corrected chi connectivity index (χ2v) is 18.5. The summed E-state index contributed by atoms with van der Waals surface area (Å²) >= 11 is 0. The first-order chi connectivity index (χ1) is 30.5. The van der Waals surface area contributed by atoms with E-state index in [9.17, 15) is 14.4 Å². The van der Waals surface area contributed by atoms with Gasteiger partial charge < -0.3 is 14.2 Å². The van der Waals surface area contributed by atoms with Crippen LogP contribution < -0.4 is 0 Å². The molecule has 0 aliphatic carbocycles. The van der Waals surface area contributed by atoms with Crippen LogP contribution in [0.3, 0.4) is 0 Å². The molecule has 0 bridgehead atoms. The van der Waals surface area contributed by atoms with Crippen LogP contribution >= 0.6 is 0 Å². The molecule has 0 aromatic heterocycles. The molecule has 0 aliphatic rings. The molecule has 0 fully saturated rings. The summed E-state index contributed by atoms with van der Waals surface area (Å²) in [5.41, 5.74) is 0. The lowest BCUT2D eigenvalue weighted by atomic mass is 10.0. The molecule has 6 nitrogen and oxygen atoms in total. The Morgan fingerprint density at radius 1 is 0.306 bits per heavy atom. The molecular weight excluding hydrogens is 769 g/mol. The van der Waals surface area contributed by atoms with E-state index in [-0.39, 0.29) is 31.1 Å². The van der Waals surface area contributed by atoms with E-state index in [2.05, 4.69) is 45.1 Å². The molecule has 0 heterocycles. The molecule has 0 amide bonds. The van der Waals surface area contributed by atoms with E-state index in [0.717, 1.165) is 70.6 Å². The summed E-state index contributed by atoms with van der Waals surface area (Å²) in [6.45, 7) is 6.65. The van der Waals surface area contributed by atoms with Gasteiger partial charge in [0.05, 0.1) is 0 Å². The van der Waals surface area contributed by atoms with Gasteiger partial charge >= 0.3 is 17.9 Å². The van der Waals surface area contributed by atoms with E-state index in [1.165, 1.54) is 186 Å². The minimum Gasteiger partial charge on any atom is -0.462 e. The van der Waals surface area contributed by atoms with Crippen molar-refractivity contribution in [2.45, 2.75) is 303 Å². The Hall–Kier alpha value is -2.11. The standard InChI is InChI=1S/C56H104O6/c1-4-7-10-13-16-19-22-25-28-31-34-37-40-43-46-49-55(58)61-52-53(51-60-54(57)48-45-42-39-36-33-30-27-24-21-18-15-12-9-6-3)62-56(59)50-47-44-41-38-35-32-29-26-23-20-17-14-11-8-5-2/h25-26,28-29,53H,4-24,27,30-52H2,1-3H3/b28-25-,29-26-. The van der Waals surface area contributed by atoms with Gasteiger partial charge in [0.2, 0.25) is 0 Å². The SMILES string of the molecule is CCCCCCCC/C=C\CCCCCCCC(=O)OCC(COC(=O)CCCCCCCCCCCCCCCC)OC(=O)CCCCCCC/C=C\CCCCCCCC. The van der Waals surface area contributed by atoms with Crippen molar-refractivity contribution in [1.29, 1.82) is 0 Å². The largest absolute Gasteiger partial charge is 0.462 e. The predicted octanol–water partition coefficient (Wildman–Crippen LogP) is 17.9. The topological polar surface area (TPSA) is 78.9 Å². The summed E-state index contributed by atoms with van der Waals surface area (Å²) in [5, 5.41) is 0. The van der Waals surface area contributed by atoms with Crippen LogP contribution in [-0.2, 0) is 28.6 Å². The maximum Gasteiger partial charge on any atom is 0.306 e. The summed E-state index contributed by atoms with van der Waals surface area (Å²) in [7, 11) is 0. The molecular formula is C56H104O6. The van der Waals surface area contributed by atoms with Gasteiger partial charge in [-0.25, -0.2) is 0 Å². The summed E-state index contributed by atoms with van der Waals surface area (Å²) in [6.07, 6.45) is 58.7. The quantitative estimate of drug-likeness (QED) is 0.0262. The van der Waals surface area contributed by atoms with Crippen LogP contribution in [0.1, 0.15) is 297 Å². The summed E-state index contributed by atoms with van der Waals surface area (Å²) in [4.78, 5) is 38.0. The number of allylic oxidation sites excluding steroid dienone is 4. The van der Waals surface area contributed by atoms with Gasteiger partial charge in [-0.2, -0.15) is 0 Å². The molecule has 0 saturated carbocycles. The van der Waals surface area contributed by atoms with E-state index in [1.54, 1.807) is 0 Å². The van der Waals surface area contributed by atoms with Gasteiger partial charge in [0.1, 0.15) is 13.2 Å². The first-order valence-corrected chi connectivity index (χ1v) is 27.3. The van der Waals surface area contributed by atoms with E-state index in [4.69, 9.17) is 14.2 Å². The Morgan fingerprint density at radius 2 is 0.532 bits per heavy atom. The highest BCUT2D eigenvalue weighted by Crippen LogP contribution is 2.16. The molecule has 0 aromatic rings. The lowest BCUT2D eigenvalue weighted by Crippen LogP contribution is -2.30. The molecule has 0 radical (unpaired) electrons. The number of unbranched alkanes of at least 4 members (excludes halogenated alkanes) is 35. The van der Waals surface area contributed by atoms with Gasteiger partial charge in [0.25, 0.3) is 0 Å². The van der Waals surface area contributed by atoms with E-state index in [1.807, 2.05) is 0 Å². The maximum atomic E-state index is 12.8. The second-order valence-electron chi connectivity index (χ2n) is 18.5. The van der Waals surface area contributed by atoms with Crippen LogP contribution in [0, 0.1) is 0 Å². The average molecular weight is 873 g/mol. The first-order valence-electron chi connectivity index (χ1n) is 27.3. The van der Waals surface area contributed by atoms with Crippen molar-refractivity contribution < 1.29 is 28.6 Å². The highest BCUT2D eigenvalue weighted by atomic mass is 16.6. The van der Waals surface area contributed by atoms with Crippen molar-refractivity contribution in [3.8, 4) is 0 Å². The van der Waals surface area contributed by atoms with Gasteiger partial charge in [0, 0.05) is 19.3 Å². The van der Waals surface area contributed by atoms with Crippen LogP contribution in [0.15, 0.2) is 24.3 Å². The van der Waals surface area contributed by atoms with Gasteiger partial charge in [-0.15, -0.1) is 0 Å². The lowest BCUT2D eigenvalue weighted by molar-refractivity contribution is -0.167. The Kier molecular flexibility index (Phi) is 49.8. The zero-order valence-corrected chi connectivity index (χ0v) is 41.7. The molecule has 0 saturated heterocycles. The Bertz CT molecular complexity index is 1000. The smallest absolute Gasteiger partial charge is 0.306 e. The third-order valence-corrected chi connectivity index (χ3v) is 12.2. The Morgan fingerprint density at radius 3 is 0.806 bits per heavy atom. The van der Waals surface area contributed by atoms with Crippen molar-refractivity contribution >= 4 is 17.9 Å². The average Bonchev–Trinajstić information content (AvgIpc) is 3.27. The Balaban J connectivity index is 4.36. The molecule has 0 rings (SSSR count). The Labute approximate surface area is 385 Å². The fraction of sp³-hybridized carbons (Fsp3) is 0.875. The van der Waals surface area contributed by atoms with Crippen molar-refractivity contribution in [3.63, 3.8) is 0 Å². The van der Waals surface area contributed by atoms with Crippen molar-refractivity contribution in [3.05, 3.63) is 24.3 Å². The zero-order valence-electron chi connectivity index (χ0n) is 41.7. The number of carbonyl (C=O) groups is 3. The molecule has 364 valence electrons. The number of hydrogen-bond acceptors (Lipinski definition) is 6. The molecule has 0 N–H and O–H groups in total. The number of ether oxygens (including phenoxy) is 3. The summed E-state index contributed by atoms with van der Waals surface area (Å²) in [5.74, 6) is -0.875. The van der Waals surface area contributed by atoms with E-state index < -0.39 is 6.10 Å². The molecule has 0 aliphatic heterocycles. The maximum absolute atomic E-state index is 12.8. The first kappa shape index (κ1) is 59.9. The number of carbonyl (C=O) groups excluding carboxylic acids is 3. The zero-order chi connectivity index (χ0) is 45.1. The van der Waals surface area contributed by atoms with E-state index >= 15 is 0 Å². The summed E-state index contributed by atoms with van der Waals surface area (Å²) in [6, 6.07) is 0. The predicted molar refractivity (Wildman–Crippen MR) is 266 cm³/mol. The molecule has 6 heteroatoms. The third-order valence-electron chi connectivity index (χ3n) is 12.2. The van der Waals surface area contributed by atoms with E-state index in [0.29, 0.717) is 19.3 Å². The summed E-state index contributed by atoms with van der Waals surface area (Å²) < 4.78 is 16.8. The molecule has 62 heavy (non-hydrogen) atoms. The minimum atomic E-state index is -0.774. The van der Waals surface area contributed by atoms with Gasteiger partial charge in [-0.3, -0.25) is 14.4 Å². The molecule has 0 spiro atoms. The molecule has 1 unspecified atom stereocenters. The minimum absolute atomic E-state index is 0.0732.